The molecule has 1 heterocycles. The number of hydrogen-bond donors (Lipinski definition) is 0. The summed E-state index contributed by atoms with van der Waals surface area (Å²) in [5, 5.41) is 0. The molecule has 1 saturated heterocycles. The second-order valence-electron chi connectivity index (χ2n) is 22.1. The lowest BCUT2D eigenvalue weighted by Gasteiger charge is -2.58. The van der Waals surface area contributed by atoms with Crippen LogP contribution in [-0.4, -0.2) is 43.4 Å². The molecule has 0 N–H and O–H groups in total. The van der Waals surface area contributed by atoms with E-state index < -0.39 is 30.7 Å². The molecule has 1 aliphatic heterocycles. The topological polar surface area (TPSA) is 55.4 Å². The summed E-state index contributed by atoms with van der Waals surface area (Å²) in [6.07, 6.45) is 14.0. The molecule has 0 spiro atoms. The van der Waals surface area contributed by atoms with E-state index in [0.29, 0.717) is 38.4 Å². The lowest BCUT2D eigenvalue weighted by Crippen LogP contribution is -2.62. The first kappa shape index (κ1) is 48.4. The van der Waals surface area contributed by atoms with Gasteiger partial charge in [0.1, 0.15) is 24.4 Å². The van der Waals surface area contributed by atoms with Crippen LogP contribution in [0, 0.1) is 46.3 Å². The highest BCUT2D eigenvalue weighted by molar-refractivity contribution is 5.26. The molecular formula is C61H80O6. The first-order chi connectivity index (χ1) is 32.7. The molecule has 0 amide bonds. The highest BCUT2D eigenvalue weighted by Crippen LogP contribution is 2.67. The third-order valence-corrected chi connectivity index (χ3v) is 17.4. The monoisotopic (exact) mass is 909 g/mol. The van der Waals surface area contributed by atoms with E-state index in [1.165, 1.54) is 51.4 Å². The first-order valence-corrected chi connectivity index (χ1v) is 26.3. The van der Waals surface area contributed by atoms with E-state index >= 15 is 0 Å². The molecule has 0 bridgehead atoms. The van der Waals surface area contributed by atoms with Crippen LogP contribution in [0.15, 0.2) is 133 Å². The SMILES string of the molecule is CC(C)CCC[C@@H](C)[C@H]1CCC2[C@@H]3CC=C4C[C@@H](O[C@@H]5OC(COCc6ccccc6)[C@@H](OCc6ccccc6)C(OCc6ccccc6)C5OCc5ccccc5)CC[C@]4(C)[C@H]3CC[C@@]21C. The lowest BCUT2D eigenvalue weighted by molar-refractivity contribution is -0.337. The summed E-state index contributed by atoms with van der Waals surface area (Å²) in [4.78, 5) is 0. The van der Waals surface area contributed by atoms with E-state index in [1.54, 1.807) is 5.57 Å². The quantitative estimate of drug-likeness (QED) is 0.0824. The van der Waals surface area contributed by atoms with Crippen LogP contribution in [0.5, 0.6) is 0 Å². The molecule has 9 rings (SSSR count). The zero-order chi connectivity index (χ0) is 46.2. The van der Waals surface area contributed by atoms with Crippen LogP contribution in [0.4, 0.5) is 0 Å². The van der Waals surface area contributed by atoms with Crippen LogP contribution in [0.3, 0.4) is 0 Å². The van der Waals surface area contributed by atoms with Crippen molar-refractivity contribution in [3.05, 3.63) is 155 Å². The molecular weight excluding hydrogens is 829 g/mol. The molecule has 5 aliphatic rings. The fraction of sp³-hybridized carbons (Fsp3) is 0.574. The number of fused-ring (bicyclic) bond motifs is 5. The maximum absolute atomic E-state index is 7.35. The van der Waals surface area contributed by atoms with Gasteiger partial charge >= 0.3 is 0 Å². The largest absolute Gasteiger partial charge is 0.374 e. The van der Waals surface area contributed by atoms with Gasteiger partial charge in [-0.2, -0.15) is 0 Å². The Morgan fingerprint density at radius 1 is 0.597 bits per heavy atom. The molecule has 4 aromatic rings. The second-order valence-corrected chi connectivity index (χ2v) is 22.1. The van der Waals surface area contributed by atoms with Gasteiger partial charge in [-0.15, -0.1) is 0 Å². The zero-order valence-corrected chi connectivity index (χ0v) is 41.3. The van der Waals surface area contributed by atoms with Crippen LogP contribution in [0.2, 0.25) is 0 Å². The highest BCUT2D eigenvalue weighted by Gasteiger charge is 2.59. The molecule has 67 heavy (non-hydrogen) atoms. The molecule has 3 saturated carbocycles. The van der Waals surface area contributed by atoms with Crippen molar-refractivity contribution < 1.29 is 28.4 Å². The predicted octanol–water partition coefficient (Wildman–Crippen LogP) is 14.1. The Kier molecular flexibility index (Phi) is 16.2. The Morgan fingerprint density at radius 3 is 1.76 bits per heavy atom. The number of ether oxygens (including phenoxy) is 6. The summed E-state index contributed by atoms with van der Waals surface area (Å²) in [6.45, 7) is 14.7. The molecule has 6 heteroatoms. The summed E-state index contributed by atoms with van der Waals surface area (Å²) in [6, 6.07) is 41.5. The number of rotatable bonds is 20. The van der Waals surface area contributed by atoms with Crippen molar-refractivity contribution in [2.45, 2.75) is 168 Å². The number of allylic oxidation sites excluding steroid dienone is 1. The van der Waals surface area contributed by atoms with Gasteiger partial charge in [0.2, 0.25) is 0 Å². The van der Waals surface area contributed by atoms with Crippen molar-refractivity contribution in [2.75, 3.05) is 6.61 Å². The molecule has 0 radical (unpaired) electrons. The molecule has 13 atom stereocenters. The zero-order valence-electron chi connectivity index (χ0n) is 41.3. The molecule has 4 unspecified atom stereocenters. The fourth-order valence-corrected chi connectivity index (χ4v) is 13.8. The highest BCUT2D eigenvalue weighted by atomic mass is 16.7. The van der Waals surface area contributed by atoms with Gasteiger partial charge in [0, 0.05) is 0 Å². The average molecular weight is 909 g/mol. The minimum Gasteiger partial charge on any atom is -0.374 e. The summed E-state index contributed by atoms with van der Waals surface area (Å²) in [7, 11) is 0. The van der Waals surface area contributed by atoms with Crippen molar-refractivity contribution in [2.24, 2.45) is 46.3 Å². The summed E-state index contributed by atoms with van der Waals surface area (Å²) in [5.41, 5.74) is 6.70. The van der Waals surface area contributed by atoms with Crippen molar-refractivity contribution in [1.29, 1.82) is 0 Å². The molecule has 4 aliphatic carbocycles. The Balaban J connectivity index is 0.963. The lowest BCUT2D eigenvalue weighted by atomic mass is 9.47. The average Bonchev–Trinajstić information content (AvgIpc) is 3.71. The Morgan fingerprint density at radius 2 is 1.16 bits per heavy atom. The van der Waals surface area contributed by atoms with Gasteiger partial charge in [0.15, 0.2) is 6.29 Å². The van der Waals surface area contributed by atoms with Gasteiger partial charge in [-0.3, -0.25) is 0 Å². The van der Waals surface area contributed by atoms with Crippen molar-refractivity contribution >= 4 is 0 Å². The number of benzene rings is 4. The minimum absolute atomic E-state index is 0.00236. The third-order valence-electron chi connectivity index (χ3n) is 17.4. The van der Waals surface area contributed by atoms with E-state index in [0.717, 1.165) is 77.0 Å². The van der Waals surface area contributed by atoms with Gasteiger partial charge in [-0.1, -0.05) is 187 Å². The van der Waals surface area contributed by atoms with Gasteiger partial charge in [-0.25, -0.2) is 0 Å². The third kappa shape index (κ3) is 11.4. The van der Waals surface area contributed by atoms with Crippen molar-refractivity contribution in [3.63, 3.8) is 0 Å². The standard InChI is InChI=1S/C61H80O6/c1-43(2)19-18-20-44(3)52-31-32-53-51-30-29-49-37-50(33-35-60(49,4)54(51)34-36-61(52,53)5)66-59-58(65-41-48-27-16-9-17-28-48)57(64-40-47-25-14-8-15-26-47)56(63-39-46-23-12-7-13-24-46)55(67-59)42-62-38-45-21-10-6-11-22-45/h6-17,21-29,43-44,50-59H,18-20,30-42H2,1-5H3/t44-,50+,51+,52-,53?,54+,55?,56-,57?,58?,59-,60+,61-/m1/s1. The molecule has 0 aromatic heterocycles. The maximum atomic E-state index is 7.35. The summed E-state index contributed by atoms with van der Waals surface area (Å²) in [5.74, 6) is 4.89. The molecule has 360 valence electrons. The van der Waals surface area contributed by atoms with Gasteiger partial charge in [-0.05, 0) is 120 Å². The van der Waals surface area contributed by atoms with Crippen LogP contribution >= 0.6 is 0 Å². The van der Waals surface area contributed by atoms with Crippen LogP contribution < -0.4 is 0 Å². The van der Waals surface area contributed by atoms with Crippen molar-refractivity contribution in [3.8, 4) is 0 Å². The summed E-state index contributed by atoms with van der Waals surface area (Å²) >= 11 is 0. The minimum atomic E-state index is -0.689. The number of hydrogen-bond acceptors (Lipinski definition) is 6. The smallest absolute Gasteiger partial charge is 0.187 e. The molecule has 4 fully saturated rings. The Labute approximate surface area is 403 Å². The van der Waals surface area contributed by atoms with Crippen LogP contribution in [0.25, 0.3) is 0 Å². The summed E-state index contributed by atoms with van der Waals surface area (Å²) < 4.78 is 42.1. The van der Waals surface area contributed by atoms with Gasteiger partial charge in [0.05, 0.1) is 39.1 Å². The normalized spacial score (nSPS) is 33.1. The Bertz CT molecular complexity index is 2130. The van der Waals surface area contributed by atoms with Crippen LogP contribution in [0.1, 0.15) is 128 Å². The Hall–Kier alpha value is -3.62. The van der Waals surface area contributed by atoms with Gasteiger partial charge in [0.25, 0.3) is 0 Å². The molecule has 6 nitrogen and oxygen atoms in total. The van der Waals surface area contributed by atoms with E-state index in [1.807, 2.05) is 24.3 Å². The van der Waals surface area contributed by atoms with Gasteiger partial charge < -0.3 is 28.4 Å². The van der Waals surface area contributed by atoms with E-state index in [-0.39, 0.29) is 11.5 Å². The fourth-order valence-electron chi connectivity index (χ4n) is 13.8. The van der Waals surface area contributed by atoms with E-state index in [9.17, 15) is 0 Å². The predicted molar refractivity (Wildman–Crippen MR) is 268 cm³/mol. The van der Waals surface area contributed by atoms with E-state index in [2.05, 4.69) is 138 Å². The van der Waals surface area contributed by atoms with Crippen molar-refractivity contribution in [1.82, 2.24) is 0 Å². The molecule has 4 aromatic carbocycles. The first-order valence-electron chi connectivity index (χ1n) is 26.3. The second kappa shape index (κ2) is 22.4. The van der Waals surface area contributed by atoms with Crippen LogP contribution in [-0.2, 0) is 54.8 Å². The maximum Gasteiger partial charge on any atom is 0.187 e. The van der Waals surface area contributed by atoms with E-state index in [4.69, 9.17) is 28.4 Å².